The number of benzene rings is 1. The van der Waals surface area contributed by atoms with Crippen molar-refractivity contribution in [1.82, 2.24) is 4.72 Å². The topological polar surface area (TPSA) is 81.4 Å². The lowest BCUT2D eigenvalue weighted by Gasteiger charge is -2.31. The third-order valence-corrected chi connectivity index (χ3v) is 6.24. The van der Waals surface area contributed by atoms with E-state index >= 15 is 0 Å². The third kappa shape index (κ3) is 3.90. The average molecular weight is 379 g/mol. The molecule has 120 valence electrons. The van der Waals surface area contributed by atoms with Gasteiger partial charge < -0.3 is 10.5 Å². The Morgan fingerprint density at radius 1 is 1.24 bits per heavy atom. The van der Waals surface area contributed by atoms with Crippen molar-refractivity contribution < 1.29 is 13.2 Å². The van der Waals surface area contributed by atoms with Gasteiger partial charge in [-0.3, -0.25) is 0 Å². The zero-order valence-electron chi connectivity index (χ0n) is 12.9. The molecule has 0 bridgehead atoms. The molecule has 3 N–H and O–H groups in total. The molecule has 1 aromatic carbocycles. The molecule has 0 aliphatic carbocycles. The van der Waals surface area contributed by atoms with E-state index in [9.17, 15) is 8.42 Å². The molecule has 0 unspecified atom stereocenters. The molecule has 0 fully saturated rings. The molecular weight excluding hydrogens is 356 g/mol. The van der Waals surface area contributed by atoms with Crippen LogP contribution in [0.15, 0.2) is 21.5 Å². The molecule has 0 aromatic heterocycles. The Balaban J connectivity index is 3.34. The summed E-state index contributed by atoms with van der Waals surface area (Å²) in [6.07, 6.45) is 2.15. The predicted octanol–water partition coefficient (Wildman–Crippen LogP) is 3.29. The van der Waals surface area contributed by atoms with Crippen molar-refractivity contribution in [2.75, 3.05) is 12.8 Å². The minimum atomic E-state index is -3.71. The van der Waals surface area contributed by atoms with E-state index in [1.165, 1.54) is 13.2 Å². The van der Waals surface area contributed by atoms with Gasteiger partial charge in [-0.25, -0.2) is 13.1 Å². The fourth-order valence-electron chi connectivity index (χ4n) is 2.23. The number of nitrogen functional groups attached to an aromatic ring is 1. The maximum absolute atomic E-state index is 12.7. The van der Waals surface area contributed by atoms with Gasteiger partial charge in [0.2, 0.25) is 10.0 Å². The molecule has 1 rings (SSSR count). The number of ether oxygens (including phenoxy) is 1. The summed E-state index contributed by atoms with van der Waals surface area (Å²) in [6.45, 7) is 5.92. The Labute approximate surface area is 135 Å². The maximum Gasteiger partial charge on any atom is 0.244 e. The summed E-state index contributed by atoms with van der Waals surface area (Å²) in [4.78, 5) is 0.0606. The van der Waals surface area contributed by atoms with Gasteiger partial charge in [-0.05, 0) is 47.3 Å². The summed E-state index contributed by atoms with van der Waals surface area (Å²) >= 11 is 3.27. The number of hydrogen-bond acceptors (Lipinski definition) is 4. The first-order valence-corrected chi connectivity index (χ1v) is 9.19. The van der Waals surface area contributed by atoms with E-state index in [0.717, 1.165) is 0 Å². The molecule has 5 nitrogen and oxygen atoms in total. The molecule has 0 aliphatic rings. The van der Waals surface area contributed by atoms with Crippen molar-refractivity contribution in [3.05, 3.63) is 16.6 Å². The molecule has 1 aromatic rings. The zero-order valence-corrected chi connectivity index (χ0v) is 15.3. The number of halogens is 1. The maximum atomic E-state index is 12.7. The number of anilines is 1. The Morgan fingerprint density at radius 2 is 1.76 bits per heavy atom. The molecule has 0 radical (unpaired) electrons. The second-order valence-corrected chi connectivity index (χ2v) is 7.48. The normalized spacial score (nSPS) is 12.4. The van der Waals surface area contributed by atoms with Gasteiger partial charge in [-0.2, -0.15) is 0 Å². The average Bonchev–Trinajstić information content (AvgIpc) is 2.47. The standard InChI is InChI=1S/C14H23BrN2O3S/c1-5-14(6-2,7-3)17-21(18,19)13-9-11(16)10(15)8-12(13)20-4/h8-9,17H,5-7,16H2,1-4H3. The third-order valence-electron chi connectivity index (χ3n) is 3.95. The van der Waals surface area contributed by atoms with Crippen LogP contribution in [0, 0.1) is 0 Å². The van der Waals surface area contributed by atoms with E-state index in [1.54, 1.807) is 6.07 Å². The van der Waals surface area contributed by atoms with Crippen LogP contribution in [0.2, 0.25) is 0 Å². The van der Waals surface area contributed by atoms with Crippen molar-refractivity contribution >= 4 is 31.6 Å². The Morgan fingerprint density at radius 3 is 2.19 bits per heavy atom. The number of rotatable bonds is 7. The van der Waals surface area contributed by atoms with Crippen LogP contribution in [0.5, 0.6) is 5.75 Å². The van der Waals surface area contributed by atoms with E-state index in [0.29, 0.717) is 29.4 Å². The second kappa shape index (κ2) is 6.98. The molecule has 0 aliphatic heterocycles. The van der Waals surface area contributed by atoms with Crippen LogP contribution in [0.3, 0.4) is 0 Å². The van der Waals surface area contributed by atoms with Crippen LogP contribution in [0.4, 0.5) is 5.69 Å². The first-order chi connectivity index (χ1) is 9.75. The SMILES string of the molecule is CCC(CC)(CC)NS(=O)(=O)c1cc(N)c(Br)cc1OC. The molecule has 7 heteroatoms. The van der Waals surface area contributed by atoms with Crippen molar-refractivity contribution in [2.45, 2.75) is 50.5 Å². The van der Waals surface area contributed by atoms with E-state index in [-0.39, 0.29) is 10.6 Å². The molecular formula is C14H23BrN2O3S. The minimum absolute atomic E-state index is 0.0606. The summed E-state index contributed by atoms with van der Waals surface area (Å²) in [6, 6.07) is 2.98. The molecule has 0 amide bonds. The Kier molecular flexibility index (Phi) is 6.07. The van der Waals surface area contributed by atoms with E-state index in [4.69, 9.17) is 10.5 Å². The Hall–Kier alpha value is -0.790. The van der Waals surface area contributed by atoms with Crippen LogP contribution in [0.1, 0.15) is 40.0 Å². The fraction of sp³-hybridized carbons (Fsp3) is 0.571. The summed E-state index contributed by atoms with van der Waals surface area (Å²) in [5.74, 6) is 0.265. The van der Waals surface area contributed by atoms with Crippen LogP contribution in [-0.2, 0) is 10.0 Å². The van der Waals surface area contributed by atoms with Crippen molar-refractivity contribution in [2.24, 2.45) is 0 Å². The smallest absolute Gasteiger partial charge is 0.244 e. The highest BCUT2D eigenvalue weighted by molar-refractivity contribution is 9.10. The first kappa shape index (κ1) is 18.3. The van der Waals surface area contributed by atoms with Crippen molar-refractivity contribution in [3.8, 4) is 5.75 Å². The van der Waals surface area contributed by atoms with Gasteiger partial charge >= 0.3 is 0 Å². The van der Waals surface area contributed by atoms with Crippen LogP contribution < -0.4 is 15.2 Å². The van der Waals surface area contributed by atoms with Gasteiger partial charge in [-0.1, -0.05) is 20.8 Å². The predicted molar refractivity (Wildman–Crippen MR) is 89.0 cm³/mol. The summed E-state index contributed by atoms with van der Waals surface area (Å²) in [7, 11) is -2.28. The van der Waals surface area contributed by atoms with Gasteiger partial charge in [0.25, 0.3) is 0 Å². The largest absolute Gasteiger partial charge is 0.495 e. The molecule has 21 heavy (non-hydrogen) atoms. The number of nitrogens with two attached hydrogens (primary N) is 1. The molecule has 0 heterocycles. The second-order valence-electron chi connectivity index (χ2n) is 4.97. The van der Waals surface area contributed by atoms with Crippen molar-refractivity contribution in [1.29, 1.82) is 0 Å². The number of sulfonamides is 1. The van der Waals surface area contributed by atoms with Crippen LogP contribution in [-0.4, -0.2) is 21.1 Å². The number of methoxy groups -OCH3 is 1. The van der Waals surface area contributed by atoms with Crippen molar-refractivity contribution in [3.63, 3.8) is 0 Å². The highest BCUT2D eigenvalue weighted by Crippen LogP contribution is 2.33. The molecule has 0 saturated heterocycles. The molecule has 0 atom stereocenters. The van der Waals surface area contributed by atoms with Gasteiger partial charge in [0.1, 0.15) is 10.6 Å². The summed E-state index contributed by atoms with van der Waals surface area (Å²) in [5.41, 5.74) is 5.71. The summed E-state index contributed by atoms with van der Waals surface area (Å²) in [5, 5.41) is 0. The van der Waals surface area contributed by atoms with Gasteiger partial charge in [-0.15, -0.1) is 0 Å². The van der Waals surface area contributed by atoms with Crippen LogP contribution >= 0.6 is 15.9 Å². The highest BCUT2D eigenvalue weighted by atomic mass is 79.9. The molecule has 0 spiro atoms. The Bertz CT molecular complexity index is 590. The zero-order chi connectivity index (χ0) is 16.3. The van der Waals surface area contributed by atoms with E-state index < -0.39 is 15.6 Å². The monoisotopic (exact) mass is 378 g/mol. The van der Waals surface area contributed by atoms with Crippen LogP contribution in [0.25, 0.3) is 0 Å². The first-order valence-electron chi connectivity index (χ1n) is 6.92. The van der Waals surface area contributed by atoms with Gasteiger partial charge in [0.15, 0.2) is 0 Å². The van der Waals surface area contributed by atoms with Gasteiger partial charge in [0, 0.05) is 15.7 Å². The summed E-state index contributed by atoms with van der Waals surface area (Å²) < 4.78 is 34.0. The minimum Gasteiger partial charge on any atom is -0.495 e. The molecule has 0 saturated carbocycles. The lowest BCUT2D eigenvalue weighted by Crippen LogP contribution is -2.47. The van der Waals surface area contributed by atoms with Gasteiger partial charge in [0.05, 0.1) is 7.11 Å². The quantitative estimate of drug-likeness (QED) is 0.713. The lowest BCUT2D eigenvalue weighted by atomic mass is 9.91. The van der Waals surface area contributed by atoms with E-state index in [1.807, 2.05) is 20.8 Å². The lowest BCUT2D eigenvalue weighted by molar-refractivity contribution is 0.340. The number of hydrogen-bond donors (Lipinski definition) is 2. The van der Waals surface area contributed by atoms with E-state index in [2.05, 4.69) is 20.7 Å². The number of nitrogens with one attached hydrogen (secondary N) is 1. The highest BCUT2D eigenvalue weighted by Gasteiger charge is 2.32. The fourth-order valence-corrected chi connectivity index (χ4v) is 4.35.